The van der Waals surface area contributed by atoms with E-state index in [4.69, 9.17) is 9.47 Å². The average Bonchev–Trinajstić information content (AvgIpc) is 2.59. The number of rotatable bonds is 7. The van der Waals surface area contributed by atoms with Crippen LogP contribution in [0.3, 0.4) is 0 Å². The topological polar surface area (TPSA) is 108 Å². The molecule has 0 aromatic heterocycles. The van der Waals surface area contributed by atoms with E-state index in [1.54, 1.807) is 25.1 Å². The summed E-state index contributed by atoms with van der Waals surface area (Å²) in [6.45, 7) is 1.55. The zero-order valence-electron chi connectivity index (χ0n) is 14.0. The summed E-state index contributed by atoms with van der Waals surface area (Å²) in [5, 5.41) is 11.0. The van der Waals surface area contributed by atoms with Gasteiger partial charge in [0.05, 0.1) is 24.0 Å². The first kappa shape index (κ1) is 18.7. The summed E-state index contributed by atoms with van der Waals surface area (Å²) in [5.74, 6) is 1.01. The van der Waals surface area contributed by atoms with Crippen LogP contribution in [0.25, 0.3) is 0 Å². The molecule has 2 rings (SSSR count). The summed E-state index contributed by atoms with van der Waals surface area (Å²) in [6.07, 6.45) is 0. The largest absolute Gasteiger partial charge is 0.493 e. The van der Waals surface area contributed by atoms with Gasteiger partial charge in [-0.3, -0.25) is 10.1 Å². The maximum atomic E-state index is 12.4. The molecule has 0 fully saturated rings. The van der Waals surface area contributed by atoms with Gasteiger partial charge in [0.25, 0.3) is 5.69 Å². The normalized spacial score (nSPS) is 11.2. The van der Waals surface area contributed by atoms with Gasteiger partial charge < -0.3 is 9.47 Å². The average molecular weight is 366 g/mol. The number of benzene rings is 2. The fourth-order valence-electron chi connectivity index (χ4n) is 2.21. The van der Waals surface area contributed by atoms with Gasteiger partial charge in [-0.15, -0.1) is 0 Å². The predicted octanol–water partition coefficient (Wildman–Crippen LogP) is 2.40. The highest BCUT2D eigenvalue weighted by atomic mass is 32.2. The Morgan fingerprint density at radius 2 is 1.76 bits per heavy atom. The molecule has 25 heavy (non-hydrogen) atoms. The monoisotopic (exact) mass is 366 g/mol. The van der Waals surface area contributed by atoms with E-state index in [0.29, 0.717) is 22.6 Å². The lowest BCUT2D eigenvalue weighted by molar-refractivity contribution is -0.385. The number of aryl methyl sites for hydroxylation is 1. The molecule has 1 N–H and O–H groups in total. The number of nitrogens with one attached hydrogen (secondary N) is 1. The van der Waals surface area contributed by atoms with Crippen LogP contribution in [-0.2, 0) is 16.6 Å². The van der Waals surface area contributed by atoms with Gasteiger partial charge in [-0.05, 0) is 30.7 Å². The quantitative estimate of drug-likeness (QED) is 0.595. The zero-order chi connectivity index (χ0) is 18.6. The van der Waals surface area contributed by atoms with Crippen LogP contribution in [0, 0.1) is 17.0 Å². The first-order valence-electron chi connectivity index (χ1n) is 7.24. The third-order valence-electron chi connectivity index (χ3n) is 3.60. The summed E-state index contributed by atoms with van der Waals surface area (Å²) in [4.78, 5) is 10.2. The zero-order valence-corrected chi connectivity index (χ0v) is 14.8. The standard InChI is InChI=1S/C16H18N2O6S/c1-11-4-6-13(9-14(11)18(19)20)25(21,22)17-10-12-5-7-15(23-2)16(8-12)24-3/h4-9,17H,10H2,1-3H3. The van der Waals surface area contributed by atoms with Gasteiger partial charge in [-0.25, -0.2) is 13.1 Å². The fourth-order valence-corrected chi connectivity index (χ4v) is 3.24. The van der Waals surface area contributed by atoms with Gasteiger partial charge in [-0.1, -0.05) is 12.1 Å². The highest BCUT2D eigenvalue weighted by molar-refractivity contribution is 7.89. The van der Waals surface area contributed by atoms with E-state index in [-0.39, 0.29) is 17.1 Å². The van der Waals surface area contributed by atoms with E-state index in [1.165, 1.54) is 26.4 Å². The third-order valence-corrected chi connectivity index (χ3v) is 5.00. The number of hydrogen-bond donors (Lipinski definition) is 1. The highest BCUT2D eigenvalue weighted by Gasteiger charge is 2.19. The summed E-state index contributed by atoms with van der Waals surface area (Å²) in [6, 6.07) is 8.80. The van der Waals surface area contributed by atoms with Crippen molar-refractivity contribution in [3.63, 3.8) is 0 Å². The smallest absolute Gasteiger partial charge is 0.273 e. The van der Waals surface area contributed by atoms with Crippen molar-refractivity contribution in [2.75, 3.05) is 14.2 Å². The van der Waals surface area contributed by atoms with Crippen molar-refractivity contribution in [2.24, 2.45) is 0 Å². The molecule has 2 aromatic rings. The maximum Gasteiger partial charge on any atom is 0.273 e. The molecular weight excluding hydrogens is 348 g/mol. The molecule has 0 bridgehead atoms. The van der Waals surface area contributed by atoms with Gasteiger partial charge in [-0.2, -0.15) is 0 Å². The molecule has 0 aliphatic heterocycles. The van der Waals surface area contributed by atoms with Crippen molar-refractivity contribution in [3.05, 3.63) is 57.6 Å². The summed E-state index contributed by atoms with van der Waals surface area (Å²) in [7, 11) is -0.905. The Labute approximate surface area is 145 Å². The number of sulfonamides is 1. The molecule has 9 heteroatoms. The van der Waals surface area contributed by atoms with Crippen LogP contribution < -0.4 is 14.2 Å². The van der Waals surface area contributed by atoms with E-state index < -0.39 is 14.9 Å². The maximum absolute atomic E-state index is 12.4. The van der Waals surface area contributed by atoms with Crippen molar-refractivity contribution < 1.29 is 22.8 Å². The fraction of sp³-hybridized carbons (Fsp3) is 0.250. The summed E-state index contributed by atoms with van der Waals surface area (Å²) >= 11 is 0. The minimum absolute atomic E-state index is 0.00433. The van der Waals surface area contributed by atoms with E-state index >= 15 is 0 Å². The third kappa shape index (κ3) is 4.25. The molecule has 0 saturated carbocycles. The Balaban J connectivity index is 2.22. The van der Waals surface area contributed by atoms with Crippen LogP contribution in [0.15, 0.2) is 41.3 Å². The molecular formula is C16H18N2O6S. The minimum Gasteiger partial charge on any atom is -0.493 e. The molecule has 0 radical (unpaired) electrons. The first-order chi connectivity index (χ1) is 11.8. The molecule has 0 spiro atoms. The van der Waals surface area contributed by atoms with Crippen LogP contribution in [0.4, 0.5) is 5.69 Å². The molecule has 2 aromatic carbocycles. The molecule has 134 valence electrons. The van der Waals surface area contributed by atoms with Gasteiger partial charge in [0.1, 0.15) is 0 Å². The number of nitrogens with zero attached hydrogens (tertiary/aromatic N) is 1. The second-order valence-electron chi connectivity index (χ2n) is 5.22. The molecule has 0 heterocycles. The van der Waals surface area contributed by atoms with Crippen molar-refractivity contribution in [3.8, 4) is 11.5 Å². The highest BCUT2D eigenvalue weighted by Crippen LogP contribution is 2.28. The number of nitro benzene ring substituents is 1. The van der Waals surface area contributed by atoms with E-state index in [1.807, 2.05) is 0 Å². The Morgan fingerprint density at radius 1 is 1.08 bits per heavy atom. The van der Waals surface area contributed by atoms with Crippen molar-refractivity contribution in [1.29, 1.82) is 0 Å². The molecule has 0 unspecified atom stereocenters. The predicted molar refractivity (Wildman–Crippen MR) is 91.4 cm³/mol. The summed E-state index contributed by atoms with van der Waals surface area (Å²) < 4.78 is 37.5. The Morgan fingerprint density at radius 3 is 2.36 bits per heavy atom. The Kier molecular flexibility index (Phi) is 5.60. The van der Waals surface area contributed by atoms with Gasteiger partial charge in [0.15, 0.2) is 11.5 Å². The lowest BCUT2D eigenvalue weighted by Crippen LogP contribution is -2.23. The van der Waals surface area contributed by atoms with Crippen molar-refractivity contribution >= 4 is 15.7 Å². The molecule has 8 nitrogen and oxygen atoms in total. The van der Waals surface area contributed by atoms with Crippen LogP contribution >= 0.6 is 0 Å². The number of ether oxygens (including phenoxy) is 2. The van der Waals surface area contributed by atoms with E-state index in [9.17, 15) is 18.5 Å². The van der Waals surface area contributed by atoms with Gasteiger partial charge >= 0.3 is 0 Å². The van der Waals surface area contributed by atoms with E-state index in [0.717, 1.165) is 6.07 Å². The summed E-state index contributed by atoms with van der Waals surface area (Å²) in [5.41, 5.74) is 0.806. The number of methoxy groups -OCH3 is 2. The second-order valence-corrected chi connectivity index (χ2v) is 6.99. The number of hydrogen-bond acceptors (Lipinski definition) is 6. The second kappa shape index (κ2) is 7.49. The minimum atomic E-state index is -3.89. The molecule has 0 amide bonds. The molecule has 0 aliphatic carbocycles. The molecule has 0 atom stereocenters. The van der Waals surface area contributed by atoms with Crippen molar-refractivity contribution in [1.82, 2.24) is 4.72 Å². The van der Waals surface area contributed by atoms with Crippen LogP contribution in [0.1, 0.15) is 11.1 Å². The lowest BCUT2D eigenvalue weighted by atomic mass is 10.2. The lowest BCUT2D eigenvalue weighted by Gasteiger charge is -2.11. The first-order valence-corrected chi connectivity index (χ1v) is 8.72. The Hall–Kier alpha value is -2.65. The number of nitro groups is 1. The van der Waals surface area contributed by atoms with Crippen LogP contribution in [0.2, 0.25) is 0 Å². The Bertz CT molecular complexity index is 895. The molecule has 0 aliphatic rings. The van der Waals surface area contributed by atoms with Gasteiger partial charge in [0, 0.05) is 18.2 Å². The van der Waals surface area contributed by atoms with Gasteiger partial charge in [0.2, 0.25) is 10.0 Å². The van der Waals surface area contributed by atoms with Crippen molar-refractivity contribution in [2.45, 2.75) is 18.4 Å². The van der Waals surface area contributed by atoms with E-state index in [2.05, 4.69) is 4.72 Å². The SMILES string of the molecule is COc1ccc(CNS(=O)(=O)c2ccc(C)c([N+](=O)[O-])c2)cc1OC. The van der Waals surface area contributed by atoms with Crippen LogP contribution in [0.5, 0.6) is 11.5 Å². The van der Waals surface area contributed by atoms with Crippen LogP contribution in [-0.4, -0.2) is 27.6 Å². The molecule has 0 saturated heterocycles.